The summed E-state index contributed by atoms with van der Waals surface area (Å²) in [4.78, 5) is 41.1. The van der Waals surface area contributed by atoms with E-state index in [9.17, 15) is 34.8 Å². The van der Waals surface area contributed by atoms with Gasteiger partial charge in [0.2, 0.25) is 5.78 Å². The van der Waals surface area contributed by atoms with Crippen LogP contribution in [0.25, 0.3) is 11.1 Å². The predicted octanol–water partition coefficient (Wildman–Crippen LogP) is 2.59. The van der Waals surface area contributed by atoms with E-state index in [1.807, 2.05) is 43.3 Å². The molecule has 2 aromatic carbocycles. The average Bonchev–Trinajstić information content (AvgIpc) is 2.86. The number of likely N-dealkylation sites (N-methyl/N-ethyl adjacent to an activating group) is 1. The molecule has 3 aliphatic rings. The van der Waals surface area contributed by atoms with Crippen LogP contribution in [0.1, 0.15) is 35.7 Å². The molecule has 0 saturated carbocycles. The van der Waals surface area contributed by atoms with Crippen molar-refractivity contribution in [2.24, 2.45) is 23.5 Å². The Labute approximate surface area is 219 Å². The number of Topliss-reactive ketones (excluding diaryl/α,β-unsaturated/α-hetero) is 2. The van der Waals surface area contributed by atoms with Gasteiger partial charge in [-0.25, -0.2) is 0 Å². The Balaban J connectivity index is 1.77. The van der Waals surface area contributed by atoms with Gasteiger partial charge < -0.3 is 26.2 Å². The maximum Gasteiger partial charge on any atom is 0.255 e. The Kier molecular flexibility index (Phi) is 5.77. The highest BCUT2D eigenvalue weighted by Crippen LogP contribution is 2.58. The molecular formula is C29H30N2O7. The molecule has 0 radical (unpaired) electrons. The van der Waals surface area contributed by atoms with Crippen molar-refractivity contribution in [1.29, 1.82) is 0 Å². The lowest BCUT2D eigenvalue weighted by Gasteiger charge is -2.54. The number of aromatic hydroxyl groups is 1. The Morgan fingerprint density at radius 2 is 1.63 bits per heavy atom. The molecule has 0 spiro atoms. The highest BCUT2D eigenvalue weighted by molar-refractivity contribution is 6.25. The van der Waals surface area contributed by atoms with Gasteiger partial charge in [-0.3, -0.25) is 19.3 Å². The first-order chi connectivity index (χ1) is 17.8. The van der Waals surface area contributed by atoms with Gasteiger partial charge in [0.05, 0.1) is 11.6 Å². The number of nitrogens with zero attached hydrogens (tertiary/aromatic N) is 1. The number of aliphatic hydroxyl groups is 3. The Morgan fingerprint density at radius 1 is 1.00 bits per heavy atom. The number of phenols is 1. The summed E-state index contributed by atoms with van der Waals surface area (Å²) in [6.07, 6.45) is 0. The molecule has 6 atom stereocenters. The standard InChI is InChI=1S/C29H30N2O7/c1-12-16-10-15(14-8-6-5-7-9-14)11-17(32)19(16)24(33)20-18(12)13(2)22-23(31(3)4)25(34)21(28(30)37)27(36)29(22,38)26(20)35/h5-13,18,22-23,32,34-35,38H,1-4H3,(H2,30,37)/t12-,13-,18-,22-,23-,29-/m0/s1. The number of phenolic OH excluding ortho intramolecular Hbond substituents is 1. The van der Waals surface area contributed by atoms with E-state index in [0.717, 1.165) is 5.56 Å². The highest BCUT2D eigenvalue weighted by atomic mass is 16.3. The van der Waals surface area contributed by atoms with Crippen LogP contribution >= 0.6 is 0 Å². The van der Waals surface area contributed by atoms with Gasteiger partial charge in [0, 0.05) is 17.4 Å². The normalized spacial score (nSPS) is 30.7. The zero-order valence-corrected chi connectivity index (χ0v) is 21.5. The second-order valence-electron chi connectivity index (χ2n) is 10.7. The monoisotopic (exact) mass is 518 g/mol. The average molecular weight is 519 g/mol. The predicted molar refractivity (Wildman–Crippen MR) is 138 cm³/mol. The van der Waals surface area contributed by atoms with E-state index >= 15 is 0 Å². The van der Waals surface area contributed by atoms with Crippen LogP contribution in [0.4, 0.5) is 0 Å². The summed E-state index contributed by atoms with van der Waals surface area (Å²) in [5.74, 6) is -7.76. The number of hydrogen-bond donors (Lipinski definition) is 5. The molecule has 0 saturated heterocycles. The number of primary amides is 1. The molecule has 0 bridgehead atoms. The van der Waals surface area contributed by atoms with Gasteiger partial charge in [-0.2, -0.15) is 0 Å². The number of carbonyl (C=O) groups is 3. The highest BCUT2D eigenvalue weighted by Gasteiger charge is 2.66. The zero-order chi connectivity index (χ0) is 27.8. The van der Waals surface area contributed by atoms with Gasteiger partial charge in [0.15, 0.2) is 11.4 Å². The van der Waals surface area contributed by atoms with Gasteiger partial charge in [0.25, 0.3) is 5.91 Å². The fraction of sp³-hybridized carbons (Fsp3) is 0.345. The van der Waals surface area contributed by atoms with Gasteiger partial charge in [-0.05, 0) is 54.8 Å². The van der Waals surface area contributed by atoms with Crippen molar-refractivity contribution in [3.8, 4) is 16.9 Å². The largest absolute Gasteiger partial charge is 0.510 e. The van der Waals surface area contributed by atoms with Crippen molar-refractivity contribution in [3.63, 3.8) is 0 Å². The topological polar surface area (TPSA) is 161 Å². The quantitative estimate of drug-likeness (QED) is 0.388. The van der Waals surface area contributed by atoms with Gasteiger partial charge in [-0.1, -0.05) is 44.2 Å². The van der Waals surface area contributed by atoms with Crippen LogP contribution in [0, 0.1) is 17.8 Å². The van der Waals surface area contributed by atoms with Crippen LogP contribution < -0.4 is 5.73 Å². The fourth-order valence-corrected chi connectivity index (χ4v) is 6.94. The first-order valence-corrected chi connectivity index (χ1v) is 12.4. The van der Waals surface area contributed by atoms with Gasteiger partial charge in [0.1, 0.15) is 22.8 Å². The number of ketones is 2. The summed E-state index contributed by atoms with van der Waals surface area (Å²) >= 11 is 0. The Hall–Kier alpha value is -3.95. The van der Waals surface area contributed by atoms with E-state index in [1.165, 1.54) is 11.0 Å². The number of aliphatic hydroxyl groups excluding tert-OH is 2. The SMILES string of the molecule is C[C@H]1[C@H]2C(=C(O)[C@]3(O)C(=O)C(C(N)=O)=C(O)[C@@H](N(C)C)[C@H]13)C(=O)c1c(O)cc(-c3ccccc3)cc1[C@@H]2C. The molecule has 3 aliphatic carbocycles. The molecule has 0 fully saturated rings. The number of nitrogens with two attached hydrogens (primary N) is 1. The molecule has 9 nitrogen and oxygen atoms in total. The first kappa shape index (κ1) is 25.7. The van der Waals surface area contributed by atoms with Crippen LogP contribution in [0.3, 0.4) is 0 Å². The van der Waals surface area contributed by atoms with Crippen molar-refractivity contribution in [2.45, 2.75) is 31.4 Å². The number of hydrogen-bond acceptors (Lipinski definition) is 8. The van der Waals surface area contributed by atoms with E-state index in [0.29, 0.717) is 11.1 Å². The summed E-state index contributed by atoms with van der Waals surface area (Å²) < 4.78 is 0. The van der Waals surface area contributed by atoms with Crippen LogP contribution in [-0.4, -0.2) is 68.5 Å². The first-order valence-electron chi connectivity index (χ1n) is 12.4. The molecule has 0 aliphatic heterocycles. The molecule has 198 valence electrons. The molecule has 6 N–H and O–H groups in total. The van der Waals surface area contributed by atoms with Crippen molar-refractivity contribution >= 4 is 17.5 Å². The molecule has 1 amide bonds. The number of benzene rings is 2. The number of amides is 1. The number of fused-ring (bicyclic) bond motifs is 3. The van der Waals surface area contributed by atoms with Crippen molar-refractivity contribution in [2.75, 3.05) is 14.1 Å². The molecule has 0 heterocycles. The summed E-state index contributed by atoms with van der Waals surface area (Å²) in [6, 6.07) is 11.6. The van der Waals surface area contributed by atoms with E-state index in [2.05, 4.69) is 0 Å². The summed E-state index contributed by atoms with van der Waals surface area (Å²) in [6.45, 7) is 3.60. The maximum atomic E-state index is 13.9. The fourth-order valence-electron chi connectivity index (χ4n) is 6.94. The van der Waals surface area contributed by atoms with E-state index < -0.39 is 69.9 Å². The van der Waals surface area contributed by atoms with Crippen molar-refractivity contribution < 1.29 is 34.8 Å². The molecule has 38 heavy (non-hydrogen) atoms. The number of carbonyl (C=O) groups excluding carboxylic acids is 3. The van der Waals surface area contributed by atoms with Crippen LogP contribution in [-0.2, 0) is 9.59 Å². The number of rotatable bonds is 3. The minimum atomic E-state index is -2.68. The van der Waals surface area contributed by atoms with E-state index in [1.54, 1.807) is 21.0 Å². The summed E-state index contributed by atoms with van der Waals surface area (Å²) in [7, 11) is 3.21. The van der Waals surface area contributed by atoms with Crippen LogP contribution in [0.2, 0.25) is 0 Å². The molecule has 5 rings (SSSR count). The van der Waals surface area contributed by atoms with Crippen LogP contribution in [0.5, 0.6) is 5.75 Å². The molecule has 2 aromatic rings. The second-order valence-corrected chi connectivity index (χ2v) is 10.7. The van der Waals surface area contributed by atoms with Crippen molar-refractivity contribution in [3.05, 3.63) is 76.3 Å². The van der Waals surface area contributed by atoms with Crippen LogP contribution in [0.15, 0.2) is 65.1 Å². The lowest BCUT2D eigenvalue weighted by atomic mass is 9.52. The number of allylic oxidation sites excluding steroid dienone is 1. The summed E-state index contributed by atoms with van der Waals surface area (Å²) in [5, 5.41) is 45.3. The molecule has 9 heteroatoms. The van der Waals surface area contributed by atoms with Gasteiger partial charge >= 0.3 is 0 Å². The molecule has 0 aromatic heterocycles. The minimum Gasteiger partial charge on any atom is -0.510 e. The molecule has 0 unspecified atom stereocenters. The zero-order valence-electron chi connectivity index (χ0n) is 21.5. The lowest BCUT2D eigenvalue weighted by molar-refractivity contribution is -0.153. The second kappa shape index (κ2) is 8.54. The van der Waals surface area contributed by atoms with E-state index in [4.69, 9.17) is 5.73 Å². The lowest BCUT2D eigenvalue weighted by Crippen LogP contribution is -2.66. The third-order valence-electron chi connectivity index (χ3n) is 8.57. The van der Waals surface area contributed by atoms with Crippen molar-refractivity contribution in [1.82, 2.24) is 4.90 Å². The third-order valence-corrected chi connectivity index (χ3v) is 8.57. The summed E-state index contributed by atoms with van der Waals surface area (Å²) in [5.41, 5.74) is 3.85. The Morgan fingerprint density at radius 3 is 2.21 bits per heavy atom. The van der Waals surface area contributed by atoms with E-state index in [-0.39, 0.29) is 16.9 Å². The Bertz CT molecular complexity index is 1460. The smallest absolute Gasteiger partial charge is 0.255 e. The molecular weight excluding hydrogens is 488 g/mol. The third kappa shape index (κ3) is 3.21. The van der Waals surface area contributed by atoms with Gasteiger partial charge in [-0.15, -0.1) is 0 Å². The maximum absolute atomic E-state index is 13.9. The minimum absolute atomic E-state index is 0.00911.